The van der Waals surface area contributed by atoms with Crippen molar-refractivity contribution < 1.29 is 4.74 Å². The molecule has 0 aliphatic rings. The van der Waals surface area contributed by atoms with Gasteiger partial charge in [-0.05, 0) is 43.3 Å². The van der Waals surface area contributed by atoms with Gasteiger partial charge in [0.15, 0.2) is 0 Å². The molecule has 1 aromatic heterocycles. The first kappa shape index (κ1) is 14.7. The number of hydrogen-bond donors (Lipinski definition) is 2. The molecule has 0 aliphatic heterocycles. The molecule has 22 heavy (non-hydrogen) atoms. The predicted octanol–water partition coefficient (Wildman–Crippen LogP) is 3.92. The van der Waals surface area contributed by atoms with Crippen LogP contribution in [0.4, 0.5) is 0 Å². The van der Waals surface area contributed by atoms with E-state index >= 15 is 0 Å². The van der Waals surface area contributed by atoms with E-state index in [0.29, 0.717) is 5.92 Å². The molecule has 2 N–H and O–H groups in total. The Hall–Kier alpha value is -2.26. The number of benzene rings is 2. The van der Waals surface area contributed by atoms with Gasteiger partial charge in [0.2, 0.25) is 0 Å². The van der Waals surface area contributed by atoms with E-state index in [2.05, 4.69) is 58.8 Å². The fourth-order valence-electron chi connectivity index (χ4n) is 3.10. The molecule has 114 valence electrons. The number of methoxy groups -OCH3 is 1. The summed E-state index contributed by atoms with van der Waals surface area (Å²) in [5.41, 5.74) is 3.84. The molecule has 0 saturated carbocycles. The van der Waals surface area contributed by atoms with Crippen LogP contribution in [-0.2, 0) is 0 Å². The average Bonchev–Trinajstić information content (AvgIpc) is 3.06. The minimum atomic E-state index is 0.362. The van der Waals surface area contributed by atoms with E-state index in [1.54, 1.807) is 7.11 Å². The van der Waals surface area contributed by atoms with E-state index in [0.717, 1.165) is 24.1 Å². The summed E-state index contributed by atoms with van der Waals surface area (Å²) in [5, 5.41) is 4.41. The van der Waals surface area contributed by atoms with E-state index in [1.165, 1.54) is 16.6 Å². The van der Waals surface area contributed by atoms with Crippen LogP contribution in [0.25, 0.3) is 10.9 Å². The lowest BCUT2D eigenvalue weighted by atomic mass is 9.87. The van der Waals surface area contributed by atoms with Gasteiger partial charge >= 0.3 is 0 Å². The van der Waals surface area contributed by atoms with Gasteiger partial charge < -0.3 is 15.0 Å². The first-order chi connectivity index (χ1) is 10.8. The van der Waals surface area contributed by atoms with Gasteiger partial charge in [0, 0.05) is 17.5 Å². The average molecular weight is 294 g/mol. The van der Waals surface area contributed by atoms with Gasteiger partial charge in [0.25, 0.3) is 0 Å². The van der Waals surface area contributed by atoms with Crippen LogP contribution in [0, 0.1) is 0 Å². The van der Waals surface area contributed by atoms with E-state index in [4.69, 9.17) is 4.74 Å². The number of hydrogen-bond acceptors (Lipinski definition) is 2. The standard InChI is InChI=1S/C19H22N2O/c1-20-12-10-15(14-6-4-3-5-7-14)16-8-9-18(22-2)17-11-13-21-19(16)17/h3-9,11,13,15,20-21H,10,12H2,1-2H3. The monoisotopic (exact) mass is 294 g/mol. The molecule has 1 atom stereocenters. The third-order valence-corrected chi connectivity index (χ3v) is 4.20. The van der Waals surface area contributed by atoms with Crippen LogP contribution in [0.5, 0.6) is 5.75 Å². The maximum Gasteiger partial charge on any atom is 0.128 e. The van der Waals surface area contributed by atoms with Gasteiger partial charge in [-0.15, -0.1) is 0 Å². The number of fused-ring (bicyclic) bond motifs is 1. The fourth-order valence-corrected chi connectivity index (χ4v) is 3.10. The number of aromatic amines is 1. The van der Waals surface area contributed by atoms with Crippen molar-refractivity contribution in [2.75, 3.05) is 20.7 Å². The number of H-pyrrole nitrogens is 1. The molecule has 0 aliphatic carbocycles. The second kappa shape index (κ2) is 6.67. The maximum absolute atomic E-state index is 5.48. The Kier molecular flexibility index (Phi) is 4.45. The first-order valence-corrected chi connectivity index (χ1v) is 7.68. The molecular weight excluding hydrogens is 272 g/mol. The highest BCUT2D eigenvalue weighted by Crippen LogP contribution is 2.36. The van der Waals surface area contributed by atoms with Crippen molar-refractivity contribution in [2.24, 2.45) is 0 Å². The number of aromatic nitrogens is 1. The van der Waals surface area contributed by atoms with Crippen LogP contribution in [-0.4, -0.2) is 25.7 Å². The van der Waals surface area contributed by atoms with Crippen LogP contribution in [0.3, 0.4) is 0 Å². The second-order valence-corrected chi connectivity index (χ2v) is 5.48. The quantitative estimate of drug-likeness (QED) is 0.723. The summed E-state index contributed by atoms with van der Waals surface area (Å²) in [4.78, 5) is 3.39. The number of rotatable bonds is 6. The SMILES string of the molecule is CNCCC(c1ccccc1)c1ccc(OC)c2cc[nH]c12. The topological polar surface area (TPSA) is 37.0 Å². The molecule has 3 heteroatoms. The lowest BCUT2D eigenvalue weighted by Crippen LogP contribution is -2.13. The van der Waals surface area contributed by atoms with Crippen LogP contribution < -0.4 is 10.1 Å². The smallest absolute Gasteiger partial charge is 0.128 e. The van der Waals surface area contributed by atoms with Crippen molar-refractivity contribution in [3.05, 3.63) is 65.9 Å². The first-order valence-electron chi connectivity index (χ1n) is 7.68. The Bertz CT molecular complexity index is 734. The van der Waals surface area contributed by atoms with Crippen molar-refractivity contribution in [2.45, 2.75) is 12.3 Å². The van der Waals surface area contributed by atoms with E-state index in [-0.39, 0.29) is 0 Å². The Morgan fingerprint density at radius 2 is 1.91 bits per heavy atom. The third-order valence-electron chi connectivity index (χ3n) is 4.20. The molecule has 3 aromatic rings. The van der Waals surface area contributed by atoms with Crippen molar-refractivity contribution in [3.8, 4) is 5.75 Å². The van der Waals surface area contributed by atoms with Crippen LogP contribution >= 0.6 is 0 Å². The fraction of sp³-hybridized carbons (Fsp3) is 0.263. The minimum Gasteiger partial charge on any atom is -0.496 e. The van der Waals surface area contributed by atoms with Gasteiger partial charge in [-0.25, -0.2) is 0 Å². The Morgan fingerprint density at radius 1 is 1.09 bits per heavy atom. The lowest BCUT2D eigenvalue weighted by molar-refractivity contribution is 0.419. The molecule has 0 fully saturated rings. The summed E-state index contributed by atoms with van der Waals surface area (Å²) >= 11 is 0. The van der Waals surface area contributed by atoms with Crippen molar-refractivity contribution in [1.29, 1.82) is 0 Å². The minimum absolute atomic E-state index is 0.362. The zero-order valence-electron chi connectivity index (χ0n) is 13.1. The zero-order valence-corrected chi connectivity index (χ0v) is 13.1. The highest BCUT2D eigenvalue weighted by molar-refractivity contribution is 5.89. The molecule has 0 spiro atoms. The van der Waals surface area contributed by atoms with Crippen molar-refractivity contribution >= 4 is 10.9 Å². The van der Waals surface area contributed by atoms with Gasteiger partial charge in [0.05, 0.1) is 12.6 Å². The maximum atomic E-state index is 5.48. The van der Waals surface area contributed by atoms with Crippen molar-refractivity contribution in [3.63, 3.8) is 0 Å². The van der Waals surface area contributed by atoms with Gasteiger partial charge in [0.1, 0.15) is 5.75 Å². The second-order valence-electron chi connectivity index (χ2n) is 5.48. The Morgan fingerprint density at radius 3 is 2.64 bits per heavy atom. The Balaban J connectivity index is 2.10. The highest BCUT2D eigenvalue weighted by atomic mass is 16.5. The van der Waals surface area contributed by atoms with Crippen LogP contribution in [0.2, 0.25) is 0 Å². The molecular formula is C19H22N2O. The zero-order chi connectivity index (χ0) is 15.4. The van der Waals surface area contributed by atoms with Crippen LogP contribution in [0.15, 0.2) is 54.7 Å². The molecule has 0 bridgehead atoms. The molecule has 2 aromatic carbocycles. The summed E-state index contributed by atoms with van der Waals surface area (Å²) in [6.45, 7) is 0.980. The largest absolute Gasteiger partial charge is 0.496 e. The van der Waals surface area contributed by atoms with E-state index < -0.39 is 0 Å². The summed E-state index contributed by atoms with van der Waals surface area (Å²) in [5.74, 6) is 1.28. The summed E-state index contributed by atoms with van der Waals surface area (Å²) in [6.07, 6.45) is 3.04. The molecule has 3 rings (SSSR count). The number of nitrogens with one attached hydrogen (secondary N) is 2. The predicted molar refractivity (Wildman–Crippen MR) is 91.7 cm³/mol. The molecule has 3 nitrogen and oxygen atoms in total. The molecule has 1 unspecified atom stereocenters. The summed E-state index contributed by atoms with van der Waals surface area (Å²) < 4.78 is 5.48. The normalized spacial score (nSPS) is 12.5. The molecule has 0 radical (unpaired) electrons. The number of ether oxygens (including phenoxy) is 1. The van der Waals surface area contributed by atoms with E-state index in [9.17, 15) is 0 Å². The lowest BCUT2D eigenvalue weighted by Gasteiger charge is -2.19. The van der Waals surface area contributed by atoms with Crippen molar-refractivity contribution in [1.82, 2.24) is 10.3 Å². The molecule has 0 saturated heterocycles. The van der Waals surface area contributed by atoms with Gasteiger partial charge in [-0.1, -0.05) is 36.4 Å². The third kappa shape index (κ3) is 2.72. The summed E-state index contributed by atoms with van der Waals surface area (Å²) in [6, 6.07) is 17.0. The summed E-state index contributed by atoms with van der Waals surface area (Å²) in [7, 11) is 3.72. The van der Waals surface area contributed by atoms with Gasteiger partial charge in [-0.3, -0.25) is 0 Å². The van der Waals surface area contributed by atoms with Crippen LogP contribution in [0.1, 0.15) is 23.5 Å². The van der Waals surface area contributed by atoms with E-state index in [1.807, 2.05) is 13.2 Å². The molecule has 0 amide bonds. The Labute approximate surface area is 131 Å². The molecule has 1 heterocycles. The van der Waals surface area contributed by atoms with Gasteiger partial charge in [-0.2, -0.15) is 0 Å². The highest BCUT2D eigenvalue weighted by Gasteiger charge is 2.18.